The molecular weight excluding hydrogens is 673 g/mol. The molecule has 2 aromatic heterocycles. The number of nitrogens with zero attached hydrogens (tertiary/aromatic N) is 6. The van der Waals surface area contributed by atoms with Crippen molar-refractivity contribution in [1.29, 1.82) is 0 Å². The molecule has 0 bridgehead atoms. The number of pyridine rings is 2. The maximum Gasteiger partial charge on any atom is 0.181 e. The van der Waals surface area contributed by atoms with Gasteiger partial charge in [-0.1, -0.05) is 91.0 Å². The lowest BCUT2D eigenvalue weighted by Gasteiger charge is -2.20. The summed E-state index contributed by atoms with van der Waals surface area (Å²) in [4.78, 5) is 4.50. The van der Waals surface area contributed by atoms with Gasteiger partial charge in [0, 0.05) is 99.9 Å². The van der Waals surface area contributed by atoms with Gasteiger partial charge in [0.25, 0.3) is 0 Å². The van der Waals surface area contributed by atoms with Gasteiger partial charge in [0.1, 0.15) is 11.7 Å². The minimum atomic E-state index is 0.750. The van der Waals surface area contributed by atoms with Crippen molar-refractivity contribution in [2.24, 2.45) is 10.2 Å². The summed E-state index contributed by atoms with van der Waals surface area (Å²) in [5.41, 5.74) is 19.7. The van der Waals surface area contributed by atoms with Crippen LogP contribution in [0.5, 0.6) is 0 Å². The molecule has 0 atom stereocenters. The summed E-state index contributed by atoms with van der Waals surface area (Å²) >= 11 is 0. The second-order valence-corrected chi connectivity index (χ2v) is 15.5. The summed E-state index contributed by atoms with van der Waals surface area (Å²) in [6, 6.07) is 41.8. The highest BCUT2D eigenvalue weighted by Crippen LogP contribution is 2.32. The van der Waals surface area contributed by atoms with Gasteiger partial charge in [-0.2, -0.15) is 9.13 Å². The monoisotopic (exact) mass is 724 g/mol. The van der Waals surface area contributed by atoms with Crippen LogP contribution in [0.2, 0.25) is 0 Å². The van der Waals surface area contributed by atoms with Crippen molar-refractivity contribution >= 4 is 23.0 Å². The number of benzene rings is 4. The van der Waals surface area contributed by atoms with Crippen molar-refractivity contribution in [3.8, 4) is 0 Å². The second-order valence-electron chi connectivity index (χ2n) is 15.5. The van der Waals surface area contributed by atoms with Crippen molar-refractivity contribution in [2.75, 3.05) is 16.8 Å². The summed E-state index contributed by atoms with van der Waals surface area (Å²) in [6.45, 7) is 16.1. The van der Waals surface area contributed by atoms with Crippen LogP contribution in [0.1, 0.15) is 72.8 Å². The first-order valence-corrected chi connectivity index (χ1v) is 19.6. The number of aryl methyl sites for hydroxylation is 2. The first-order valence-electron chi connectivity index (χ1n) is 19.6. The first kappa shape index (κ1) is 36.1. The zero-order valence-corrected chi connectivity index (χ0v) is 33.4. The highest BCUT2D eigenvalue weighted by molar-refractivity contribution is 6.07. The number of para-hydroxylation sites is 2. The van der Waals surface area contributed by atoms with Gasteiger partial charge in [0.2, 0.25) is 0 Å². The van der Waals surface area contributed by atoms with Crippen molar-refractivity contribution < 1.29 is 9.13 Å². The first-order chi connectivity index (χ1) is 26.6. The van der Waals surface area contributed by atoms with E-state index >= 15 is 0 Å². The molecule has 0 spiro atoms. The quantitative estimate of drug-likeness (QED) is 0.111. The Labute approximate surface area is 326 Å². The maximum absolute atomic E-state index is 4.88. The van der Waals surface area contributed by atoms with E-state index < -0.39 is 0 Å². The van der Waals surface area contributed by atoms with E-state index in [4.69, 9.17) is 10.2 Å². The number of fused-ring (bicyclic) bond motifs is 2. The standard InChI is InChI=1S/C49H52N6/c1-33-25-44(35(3)37(5)53(33)30-39-15-9-8-10-16-39)27-45-26-34(2)54(38(6)36(45)4)31-40-21-23-41(24-22-40)32-55-47-20-14-12-18-43(47)29-49(55)51-50-48-28-42-17-11-13-19-46(42)52(48)7/h8-26H,27-32H2,1-7H3/q+2/b50-48-,51-49+. The van der Waals surface area contributed by atoms with Crippen LogP contribution >= 0.6 is 0 Å². The number of anilines is 2. The molecule has 0 amide bonds. The predicted octanol–water partition coefficient (Wildman–Crippen LogP) is 8.77. The lowest BCUT2D eigenvalue weighted by Crippen LogP contribution is -2.42. The number of hydrogen-bond donors (Lipinski definition) is 0. The topological polar surface area (TPSA) is 39.0 Å². The normalized spacial score (nSPS) is 15.0. The van der Waals surface area contributed by atoms with E-state index in [1.807, 2.05) is 0 Å². The highest BCUT2D eigenvalue weighted by Gasteiger charge is 2.27. The molecule has 0 radical (unpaired) electrons. The van der Waals surface area contributed by atoms with E-state index in [9.17, 15) is 0 Å². The van der Waals surface area contributed by atoms with Crippen LogP contribution in [-0.2, 0) is 38.9 Å². The average Bonchev–Trinajstić information content (AvgIpc) is 3.72. The molecule has 0 fully saturated rings. The molecule has 8 rings (SSSR count). The summed E-state index contributed by atoms with van der Waals surface area (Å²) in [5.74, 6) is 1.97. The van der Waals surface area contributed by atoms with Crippen molar-refractivity contribution in [3.63, 3.8) is 0 Å². The van der Waals surface area contributed by atoms with Gasteiger partial charge in [-0.25, -0.2) is 0 Å². The fraction of sp³-hybridized carbons (Fsp3) is 0.265. The smallest absolute Gasteiger partial charge is 0.181 e. The highest BCUT2D eigenvalue weighted by atomic mass is 15.4. The van der Waals surface area contributed by atoms with Gasteiger partial charge in [0.15, 0.2) is 35.9 Å². The zero-order chi connectivity index (χ0) is 38.2. The Morgan fingerprint density at radius 2 is 1.00 bits per heavy atom. The fourth-order valence-electron chi connectivity index (χ4n) is 8.44. The molecule has 4 aromatic carbocycles. The van der Waals surface area contributed by atoms with E-state index in [1.165, 1.54) is 84.2 Å². The van der Waals surface area contributed by atoms with Crippen LogP contribution in [0, 0.1) is 41.5 Å². The molecule has 0 saturated heterocycles. The Hall–Kier alpha value is -5.88. The van der Waals surface area contributed by atoms with Gasteiger partial charge in [-0.05, 0) is 60.2 Å². The van der Waals surface area contributed by atoms with Gasteiger partial charge in [-0.15, -0.1) is 10.2 Å². The number of aromatic nitrogens is 2. The second kappa shape index (κ2) is 15.1. The molecule has 55 heavy (non-hydrogen) atoms. The third kappa shape index (κ3) is 7.21. The molecule has 2 aliphatic heterocycles. The van der Waals surface area contributed by atoms with Crippen molar-refractivity contribution in [2.45, 2.75) is 80.4 Å². The Morgan fingerprint density at radius 1 is 0.527 bits per heavy atom. The summed E-state index contributed by atoms with van der Waals surface area (Å²) in [5, 5.41) is 9.69. The summed E-state index contributed by atoms with van der Waals surface area (Å²) in [7, 11) is 2.08. The Bertz CT molecular complexity index is 2460. The SMILES string of the molecule is Cc1c(Cc2cc(C)[n+](Cc3ccc(CN4/C(=N/N=C5/Cc6ccccc6N5C)Cc5ccccc54)cc3)c(C)c2C)cc(C)[n+](Cc2ccccc2)c1C. The summed E-state index contributed by atoms with van der Waals surface area (Å²) in [6.07, 6.45) is 2.52. The van der Waals surface area contributed by atoms with Crippen LogP contribution in [0.3, 0.4) is 0 Å². The third-order valence-electron chi connectivity index (χ3n) is 12.1. The Balaban J connectivity index is 0.982. The largest absolute Gasteiger partial charge is 0.331 e. The van der Waals surface area contributed by atoms with Crippen LogP contribution in [0.4, 0.5) is 11.4 Å². The Morgan fingerprint density at radius 3 is 1.60 bits per heavy atom. The van der Waals surface area contributed by atoms with Gasteiger partial charge in [-0.3, -0.25) is 0 Å². The van der Waals surface area contributed by atoms with Gasteiger partial charge >= 0.3 is 0 Å². The molecular formula is C49H52N6+2. The molecule has 0 aliphatic carbocycles. The van der Waals surface area contributed by atoms with E-state index in [1.54, 1.807) is 0 Å². The summed E-state index contributed by atoms with van der Waals surface area (Å²) < 4.78 is 4.91. The van der Waals surface area contributed by atoms with Crippen LogP contribution in [0.15, 0.2) is 125 Å². The minimum Gasteiger partial charge on any atom is -0.331 e. The maximum atomic E-state index is 4.88. The van der Waals surface area contributed by atoms with E-state index in [0.717, 1.165) is 50.6 Å². The van der Waals surface area contributed by atoms with E-state index in [2.05, 4.69) is 183 Å². The third-order valence-corrected chi connectivity index (χ3v) is 12.1. The zero-order valence-electron chi connectivity index (χ0n) is 33.4. The molecule has 276 valence electrons. The van der Waals surface area contributed by atoms with Gasteiger partial charge in [0.05, 0.1) is 0 Å². The molecule has 6 aromatic rings. The number of rotatable bonds is 9. The molecule has 0 N–H and O–H groups in total. The fourth-order valence-corrected chi connectivity index (χ4v) is 8.44. The van der Waals surface area contributed by atoms with E-state index in [0.29, 0.717) is 0 Å². The molecule has 0 saturated carbocycles. The Kier molecular flexibility index (Phi) is 9.91. The molecule has 0 unspecified atom stereocenters. The lowest BCUT2D eigenvalue weighted by molar-refractivity contribution is -0.700. The van der Waals surface area contributed by atoms with Crippen molar-refractivity contribution in [1.82, 2.24) is 0 Å². The number of amidine groups is 2. The van der Waals surface area contributed by atoms with E-state index in [-0.39, 0.29) is 0 Å². The van der Waals surface area contributed by atoms with Crippen LogP contribution in [0.25, 0.3) is 0 Å². The predicted molar refractivity (Wildman–Crippen MR) is 225 cm³/mol. The molecule has 6 heteroatoms. The van der Waals surface area contributed by atoms with Crippen molar-refractivity contribution in [3.05, 3.63) is 188 Å². The minimum absolute atomic E-state index is 0.750. The average molecular weight is 725 g/mol. The number of hydrogen-bond acceptors (Lipinski definition) is 2. The molecule has 2 aliphatic rings. The molecule has 6 nitrogen and oxygen atoms in total. The lowest BCUT2D eigenvalue weighted by atomic mass is 9.95. The van der Waals surface area contributed by atoms with Crippen LogP contribution < -0.4 is 18.9 Å². The van der Waals surface area contributed by atoms with Gasteiger partial charge < -0.3 is 9.80 Å². The van der Waals surface area contributed by atoms with Crippen LogP contribution in [-0.4, -0.2) is 18.7 Å². The molecule has 4 heterocycles. The number of likely N-dealkylation sites (N-methyl/N-ethyl adjacent to an activating group) is 1.